The van der Waals surface area contributed by atoms with Crippen molar-refractivity contribution in [2.75, 3.05) is 33.2 Å². The maximum absolute atomic E-state index is 14.2. The highest BCUT2D eigenvalue weighted by Crippen LogP contribution is 2.32. The fourth-order valence-electron chi connectivity index (χ4n) is 5.51. The average Bonchev–Trinajstić information content (AvgIpc) is 3.42. The summed E-state index contributed by atoms with van der Waals surface area (Å²) in [5, 5.41) is 3.23. The lowest BCUT2D eigenvalue weighted by Gasteiger charge is -2.32. The Kier molecular flexibility index (Phi) is 7.25. The van der Waals surface area contributed by atoms with Gasteiger partial charge in [-0.25, -0.2) is 4.98 Å². The van der Waals surface area contributed by atoms with E-state index in [0.717, 1.165) is 67.3 Å². The normalized spacial score (nSPS) is 16.4. The number of hydrogen-bond acceptors (Lipinski definition) is 6. The molecule has 0 atom stereocenters. The number of nitrogens with zero attached hydrogens (tertiary/aromatic N) is 4. The molecule has 2 aliphatic rings. The Balaban J connectivity index is 1.45. The number of pyridine rings is 1. The number of aryl methyl sites for hydroxylation is 1. The van der Waals surface area contributed by atoms with E-state index in [0.29, 0.717) is 34.0 Å². The van der Waals surface area contributed by atoms with Crippen LogP contribution < -0.4 is 5.56 Å². The third-order valence-electron chi connectivity index (χ3n) is 7.81. The van der Waals surface area contributed by atoms with Crippen molar-refractivity contribution in [3.63, 3.8) is 0 Å². The van der Waals surface area contributed by atoms with Crippen LogP contribution in [0.3, 0.4) is 0 Å². The Bertz CT molecular complexity index is 1600. The van der Waals surface area contributed by atoms with Crippen LogP contribution in [0.5, 0.6) is 0 Å². The molecule has 1 aliphatic heterocycles. The molecule has 1 saturated heterocycles. The zero-order valence-corrected chi connectivity index (χ0v) is 23.8. The minimum Gasteiger partial charge on any atom is -0.304 e. The van der Waals surface area contributed by atoms with Crippen molar-refractivity contribution < 1.29 is 4.79 Å². The first kappa shape index (κ1) is 26.1. The zero-order chi connectivity index (χ0) is 27.1. The molecule has 0 spiro atoms. The van der Waals surface area contributed by atoms with Gasteiger partial charge in [0, 0.05) is 66.4 Å². The van der Waals surface area contributed by atoms with Crippen molar-refractivity contribution in [2.24, 2.45) is 0 Å². The van der Waals surface area contributed by atoms with E-state index in [1.807, 2.05) is 36.6 Å². The number of hydrogen-bond donors (Lipinski definition) is 0. The molecule has 0 amide bonds. The molecule has 200 valence electrons. The highest BCUT2D eigenvalue weighted by atomic mass is 35.5. The van der Waals surface area contributed by atoms with Crippen molar-refractivity contribution in [3.05, 3.63) is 91.7 Å². The number of thiazole rings is 1. The lowest BCUT2D eigenvalue weighted by molar-refractivity contribution is 0.0971. The van der Waals surface area contributed by atoms with Gasteiger partial charge in [-0.3, -0.25) is 19.1 Å². The van der Waals surface area contributed by atoms with Gasteiger partial charge in [0.2, 0.25) is 0 Å². The number of halogens is 1. The number of benzene rings is 2. The number of ketones is 1. The molecule has 2 aromatic heterocycles. The monoisotopic (exact) mass is 558 g/mol. The molecule has 1 fully saturated rings. The van der Waals surface area contributed by atoms with E-state index >= 15 is 0 Å². The summed E-state index contributed by atoms with van der Waals surface area (Å²) in [6.07, 6.45) is 1.95. The molecule has 0 unspecified atom stereocenters. The van der Waals surface area contributed by atoms with Crippen LogP contribution in [0.2, 0.25) is 5.02 Å². The number of fused-ring (bicyclic) bond motifs is 1. The molecule has 4 aromatic rings. The molecule has 2 aromatic carbocycles. The molecule has 0 saturated carbocycles. The van der Waals surface area contributed by atoms with E-state index in [1.165, 1.54) is 16.9 Å². The van der Waals surface area contributed by atoms with Gasteiger partial charge in [-0.2, -0.15) is 0 Å². The van der Waals surface area contributed by atoms with Crippen molar-refractivity contribution >= 4 is 28.7 Å². The number of aromatic nitrogens is 2. The lowest BCUT2D eigenvalue weighted by Crippen LogP contribution is -2.43. The van der Waals surface area contributed by atoms with Crippen LogP contribution in [0.4, 0.5) is 0 Å². The Morgan fingerprint density at radius 3 is 2.49 bits per heavy atom. The second-order valence-electron chi connectivity index (χ2n) is 10.6. The topological polar surface area (TPSA) is 58.4 Å². The number of Topliss-reactive ketones (excluding diaryl/α,β-unsaturated/α-hetero) is 1. The largest absolute Gasteiger partial charge is 0.304 e. The zero-order valence-electron chi connectivity index (χ0n) is 22.2. The predicted molar refractivity (Wildman–Crippen MR) is 158 cm³/mol. The first-order valence-electron chi connectivity index (χ1n) is 13.4. The third-order valence-corrected chi connectivity index (χ3v) is 8.94. The van der Waals surface area contributed by atoms with Crippen molar-refractivity contribution in [2.45, 2.75) is 32.7 Å². The summed E-state index contributed by atoms with van der Waals surface area (Å²) < 4.78 is 1.80. The number of piperazine rings is 1. The summed E-state index contributed by atoms with van der Waals surface area (Å²) in [7, 11) is 2.16. The van der Waals surface area contributed by atoms with Crippen LogP contribution >= 0.6 is 22.9 Å². The molecular formula is C31H31ClN4O2S. The summed E-state index contributed by atoms with van der Waals surface area (Å²) in [6.45, 7) is 7.04. The molecule has 39 heavy (non-hydrogen) atoms. The highest BCUT2D eigenvalue weighted by molar-refractivity contribution is 7.13. The number of rotatable bonds is 5. The van der Waals surface area contributed by atoms with Crippen LogP contribution in [0.15, 0.2) is 58.7 Å². The quantitative estimate of drug-likeness (QED) is 0.307. The van der Waals surface area contributed by atoms with E-state index in [1.54, 1.807) is 10.6 Å². The maximum atomic E-state index is 14.2. The van der Waals surface area contributed by atoms with Crippen LogP contribution in [-0.2, 0) is 13.0 Å². The smallest absolute Gasteiger partial charge is 0.265 e. The molecule has 6 rings (SSSR count). The fourth-order valence-corrected chi connectivity index (χ4v) is 6.47. The Morgan fingerprint density at radius 1 is 0.949 bits per heavy atom. The number of carbonyl (C=O) groups is 1. The molecule has 3 heterocycles. The molecule has 6 nitrogen and oxygen atoms in total. The van der Waals surface area contributed by atoms with E-state index in [2.05, 4.69) is 35.0 Å². The fraction of sp³-hybridized carbons (Fsp3) is 0.323. The Labute approximate surface area is 237 Å². The average molecular weight is 559 g/mol. The molecular weight excluding hydrogens is 528 g/mol. The number of likely N-dealkylation sites (N-methyl/N-ethyl adjacent to an activating group) is 1. The Hall–Kier alpha value is -3.10. The van der Waals surface area contributed by atoms with Crippen molar-refractivity contribution in [1.29, 1.82) is 0 Å². The Morgan fingerprint density at radius 2 is 1.72 bits per heavy atom. The summed E-state index contributed by atoms with van der Waals surface area (Å²) in [5.41, 5.74) is 6.56. The van der Waals surface area contributed by atoms with Gasteiger partial charge in [0.05, 0.1) is 16.9 Å². The highest BCUT2D eigenvalue weighted by Gasteiger charge is 2.26. The first-order chi connectivity index (χ1) is 18.9. The molecule has 1 aliphatic carbocycles. The molecule has 8 heteroatoms. The summed E-state index contributed by atoms with van der Waals surface area (Å²) in [5.74, 6) is 0.0898. The summed E-state index contributed by atoms with van der Waals surface area (Å²) in [6, 6.07) is 15.7. The van der Waals surface area contributed by atoms with Gasteiger partial charge in [-0.15, -0.1) is 11.3 Å². The van der Waals surface area contributed by atoms with Crippen molar-refractivity contribution in [1.82, 2.24) is 19.4 Å². The van der Waals surface area contributed by atoms with Gasteiger partial charge in [-0.05, 0) is 62.2 Å². The first-order valence-corrected chi connectivity index (χ1v) is 14.7. The van der Waals surface area contributed by atoms with E-state index < -0.39 is 0 Å². The van der Waals surface area contributed by atoms with Crippen LogP contribution in [0, 0.1) is 6.92 Å². The standard InChI is InChI=1S/C31H31ClN4O2S/c1-20-6-7-21(18-35-14-12-34(2)13-15-35)16-28(20)36-27-4-3-5-29(37)24(27)17-25(31(36)38)30-33-26(19-39-30)22-8-10-23(32)11-9-22/h6-11,16-17,19H,3-5,12-15,18H2,1-2H3. The van der Waals surface area contributed by atoms with Gasteiger partial charge in [0.1, 0.15) is 5.01 Å². The summed E-state index contributed by atoms with van der Waals surface area (Å²) in [4.78, 5) is 36.9. The second-order valence-corrected chi connectivity index (χ2v) is 11.9. The van der Waals surface area contributed by atoms with Gasteiger partial charge in [-0.1, -0.05) is 35.9 Å². The van der Waals surface area contributed by atoms with Crippen LogP contribution in [0.25, 0.3) is 27.5 Å². The van der Waals surface area contributed by atoms with Crippen molar-refractivity contribution in [3.8, 4) is 27.5 Å². The molecule has 0 bridgehead atoms. The minimum atomic E-state index is -0.125. The van der Waals surface area contributed by atoms with E-state index in [9.17, 15) is 9.59 Å². The van der Waals surface area contributed by atoms with Gasteiger partial charge in [0.15, 0.2) is 5.78 Å². The maximum Gasteiger partial charge on any atom is 0.265 e. The van der Waals surface area contributed by atoms with Gasteiger partial charge >= 0.3 is 0 Å². The van der Waals surface area contributed by atoms with E-state index in [4.69, 9.17) is 16.6 Å². The SMILES string of the molecule is Cc1ccc(CN2CCN(C)CC2)cc1-n1c2c(cc(-c3nc(-c4ccc(Cl)cc4)cs3)c1=O)C(=O)CCC2. The second kappa shape index (κ2) is 10.8. The molecule has 0 N–H and O–H groups in total. The van der Waals surface area contributed by atoms with Gasteiger partial charge < -0.3 is 4.90 Å². The minimum absolute atomic E-state index is 0.0898. The third kappa shape index (κ3) is 5.24. The van der Waals surface area contributed by atoms with E-state index in [-0.39, 0.29) is 11.3 Å². The predicted octanol–water partition coefficient (Wildman–Crippen LogP) is 5.86. The van der Waals surface area contributed by atoms with Gasteiger partial charge in [0.25, 0.3) is 5.56 Å². The number of carbonyl (C=O) groups excluding carboxylic acids is 1. The van der Waals surface area contributed by atoms with Crippen LogP contribution in [0.1, 0.15) is 40.0 Å². The molecule has 0 radical (unpaired) electrons. The van der Waals surface area contributed by atoms with Crippen LogP contribution in [-0.4, -0.2) is 58.4 Å². The summed E-state index contributed by atoms with van der Waals surface area (Å²) >= 11 is 7.49. The lowest BCUT2D eigenvalue weighted by atomic mass is 9.92.